The van der Waals surface area contributed by atoms with Gasteiger partial charge in [0.1, 0.15) is 5.69 Å². The van der Waals surface area contributed by atoms with E-state index in [-0.39, 0.29) is 5.91 Å². The smallest absolute Gasteiger partial charge is 0.272 e. The third kappa shape index (κ3) is 3.32. The molecule has 1 amide bonds. The Balaban J connectivity index is 1.79. The van der Waals surface area contributed by atoms with Crippen molar-refractivity contribution in [3.8, 4) is 11.5 Å². The molecule has 0 spiro atoms. The van der Waals surface area contributed by atoms with Crippen molar-refractivity contribution in [2.45, 2.75) is 13.8 Å². The number of benzene rings is 1. The molecule has 0 saturated carbocycles. The van der Waals surface area contributed by atoms with Crippen LogP contribution in [0.5, 0.6) is 11.5 Å². The number of carbonyl (C=O) groups is 1. The van der Waals surface area contributed by atoms with Gasteiger partial charge in [-0.25, -0.2) is 0 Å². The van der Waals surface area contributed by atoms with Gasteiger partial charge in [-0.2, -0.15) is 0 Å². The quantitative estimate of drug-likeness (QED) is 0.709. The highest BCUT2D eigenvalue weighted by molar-refractivity contribution is 7.17. The fourth-order valence-electron chi connectivity index (χ4n) is 2.30. The van der Waals surface area contributed by atoms with Gasteiger partial charge < -0.3 is 19.8 Å². The van der Waals surface area contributed by atoms with E-state index in [1.165, 1.54) is 0 Å². The largest absolute Gasteiger partial charge is 0.490 e. The highest BCUT2D eigenvalue weighted by Gasteiger charge is 2.12. The number of aromatic amines is 1. The number of hydrogen-bond donors (Lipinski definition) is 2. The Labute approximate surface area is 138 Å². The summed E-state index contributed by atoms with van der Waals surface area (Å²) < 4.78 is 12.2. The van der Waals surface area contributed by atoms with E-state index in [1.54, 1.807) is 29.5 Å². The van der Waals surface area contributed by atoms with Crippen LogP contribution >= 0.6 is 11.3 Å². The normalized spacial score (nSPS) is 10.7. The lowest BCUT2D eigenvalue weighted by atomic mass is 10.2. The average molecular weight is 330 g/mol. The van der Waals surface area contributed by atoms with Crippen LogP contribution < -0.4 is 14.8 Å². The lowest BCUT2D eigenvalue weighted by Gasteiger charge is -2.12. The second-order valence-corrected chi connectivity index (χ2v) is 5.81. The van der Waals surface area contributed by atoms with Crippen molar-refractivity contribution >= 4 is 33.1 Å². The molecular weight excluding hydrogens is 312 g/mol. The number of amides is 1. The van der Waals surface area contributed by atoms with Gasteiger partial charge >= 0.3 is 0 Å². The second-order valence-electron chi connectivity index (χ2n) is 4.86. The van der Waals surface area contributed by atoms with Crippen LogP contribution in [-0.4, -0.2) is 24.1 Å². The van der Waals surface area contributed by atoms with Gasteiger partial charge in [-0.3, -0.25) is 4.79 Å². The van der Waals surface area contributed by atoms with Crippen LogP contribution in [0, 0.1) is 0 Å². The number of carbonyl (C=O) groups excluding carboxylic acids is 1. The molecule has 0 aliphatic heterocycles. The Kier molecular flexibility index (Phi) is 4.52. The number of hydrogen-bond acceptors (Lipinski definition) is 4. The minimum absolute atomic E-state index is 0.181. The SMILES string of the molecule is CCOc1ccc(NC(=O)c2cc3sccc3[nH]2)cc1OCC. The summed E-state index contributed by atoms with van der Waals surface area (Å²) in [6.07, 6.45) is 0. The fourth-order valence-corrected chi connectivity index (χ4v) is 3.08. The van der Waals surface area contributed by atoms with Gasteiger partial charge in [0, 0.05) is 11.8 Å². The first-order chi connectivity index (χ1) is 11.2. The summed E-state index contributed by atoms with van der Waals surface area (Å²) in [5.74, 6) is 1.12. The zero-order valence-electron chi connectivity index (χ0n) is 13.0. The summed E-state index contributed by atoms with van der Waals surface area (Å²) in [7, 11) is 0. The summed E-state index contributed by atoms with van der Waals surface area (Å²) in [4.78, 5) is 15.5. The molecule has 0 fully saturated rings. The van der Waals surface area contributed by atoms with Gasteiger partial charge in [0.25, 0.3) is 5.91 Å². The van der Waals surface area contributed by atoms with Crippen molar-refractivity contribution in [2.24, 2.45) is 0 Å². The molecule has 0 aliphatic rings. The number of aromatic nitrogens is 1. The Morgan fingerprint density at radius 1 is 1.13 bits per heavy atom. The summed E-state index contributed by atoms with van der Waals surface area (Å²) in [6, 6.07) is 9.19. The van der Waals surface area contributed by atoms with Crippen LogP contribution in [0.25, 0.3) is 10.2 Å². The first kappa shape index (κ1) is 15.4. The predicted molar refractivity (Wildman–Crippen MR) is 92.9 cm³/mol. The molecule has 3 rings (SSSR count). The van der Waals surface area contributed by atoms with Gasteiger partial charge in [0.2, 0.25) is 0 Å². The Hall–Kier alpha value is -2.47. The van der Waals surface area contributed by atoms with E-state index in [2.05, 4.69) is 10.3 Å². The monoisotopic (exact) mass is 330 g/mol. The summed E-state index contributed by atoms with van der Waals surface area (Å²) >= 11 is 1.60. The lowest BCUT2D eigenvalue weighted by molar-refractivity contribution is 0.102. The highest BCUT2D eigenvalue weighted by Crippen LogP contribution is 2.31. The Morgan fingerprint density at radius 2 is 1.91 bits per heavy atom. The zero-order valence-corrected chi connectivity index (χ0v) is 13.8. The molecule has 0 aliphatic carbocycles. The van der Waals surface area contributed by atoms with Crippen LogP contribution in [0.1, 0.15) is 24.3 Å². The molecule has 1 aromatic carbocycles. The van der Waals surface area contributed by atoms with Gasteiger partial charge in [-0.15, -0.1) is 11.3 Å². The standard InChI is InChI=1S/C17H18N2O3S/c1-3-21-14-6-5-11(9-15(14)22-4-2)18-17(20)13-10-16-12(19-13)7-8-23-16/h5-10,19H,3-4H2,1-2H3,(H,18,20). The number of fused-ring (bicyclic) bond motifs is 1. The molecule has 2 heterocycles. The van der Waals surface area contributed by atoms with Gasteiger partial charge in [-0.05, 0) is 43.5 Å². The van der Waals surface area contributed by atoms with Crippen LogP contribution in [0.2, 0.25) is 0 Å². The summed E-state index contributed by atoms with van der Waals surface area (Å²) in [5, 5.41) is 4.87. The minimum Gasteiger partial charge on any atom is -0.490 e. The topological polar surface area (TPSA) is 63.3 Å². The maximum Gasteiger partial charge on any atom is 0.272 e. The van der Waals surface area contributed by atoms with Crippen LogP contribution in [0.4, 0.5) is 5.69 Å². The summed E-state index contributed by atoms with van der Waals surface area (Å²) in [5.41, 5.74) is 2.18. The van der Waals surface area contributed by atoms with E-state index in [4.69, 9.17) is 9.47 Å². The van der Waals surface area contributed by atoms with E-state index in [1.807, 2.05) is 31.4 Å². The predicted octanol–water partition coefficient (Wildman–Crippen LogP) is 4.28. The van der Waals surface area contributed by atoms with E-state index in [0.29, 0.717) is 36.1 Å². The molecule has 0 bridgehead atoms. The van der Waals surface area contributed by atoms with Gasteiger partial charge in [-0.1, -0.05) is 0 Å². The highest BCUT2D eigenvalue weighted by atomic mass is 32.1. The van der Waals surface area contributed by atoms with E-state index >= 15 is 0 Å². The maximum absolute atomic E-state index is 12.4. The van der Waals surface area contributed by atoms with Crippen molar-refractivity contribution in [1.82, 2.24) is 4.98 Å². The molecule has 0 atom stereocenters. The lowest BCUT2D eigenvalue weighted by Crippen LogP contribution is -2.12. The number of H-pyrrole nitrogens is 1. The maximum atomic E-state index is 12.4. The molecule has 5 nitrogen and oxygen atoms in total. The number of rotatable bonds is 6. The van der Waals surface area contributed by atoms with Crippen molar-refractivity contribution < 1.29 is 14.3 Å². The molecular formula is C17H18N2O3S. The van der Waals surface area contributed by atoms with Crippen molar-refractivity contribution in [1.29, 1.82) is 0 Å². The van der Waals surface area contributed by atoms with E-state index < -0.39 is 0 Å². The fraction of sp³-hybridized carbons (Fsp3) is 0.235. The first-order valence-corrected chi connectivity index (χ1v) is 8.36. The van der Waals surface area contributed by atoms with Crippen LogP contribution in [0.3, 0.4) is 0 Å². The average Bonchev–Trinajstić information content (AvgIpc) is 3.11. The Morgan fingerprint density at radius 3 is 2.65 bits per heavy atom. The molecule has 120 valence electrons. The van der Waals surface area contributed by atoms with E-state index in [0.717, 1.165) is 10.2 Å². The van der Waals surface area contributed by atoms with Crippen LogP contribution in [-0.2, 0) is 0 Å². The zero-order chi connectivity index (χ0) is 16.2. The third-order valence-corrected chi connectivity index (χ3v) is 4.15. The molecule has 23 heavy (non-hydrogen) atoms. The Bertz CT molecular complexity index is 794. The molecule has 0 unspecified atom stereocenters. The van der Waals surface area contributed by atoms with Crippen LogP contribution in [0.15, 0.2) is 35.7 Å². The second kappa shape index (κ2) is 6.75. The molecule has 2 aromatic heterocycles. The molecule has 0 radical (unpaired) electrons. The number of anilines is 1. The van der Waals surface area contributed by atoms with Crippen molar-refractivity contribution in [2.75, 3.05) is 18.5 Å². The number of nitrogens with one attached hydrogen (secondary N) is 2. The van der Waals surface area contributed by atoms with Gasteiger partial charge in [0.05, 0.1) is 23.4 Å². The van der Waals surface area contributed by atoms with Gasteiger partial charge in [0.15, 0.2) is 11.5 Å². The number of thiophene rings is 1. The minimum atomic E-state index is -0.181. The summed E-state index contributed by atoms with van der Waals surface area (Å²) in [6.45, 7) is 4.92. The third-order valence-electron chi connectivity index (χ3n) is 3.29. The number of ether oxygens (including phenoxy) is 2. The molecule has 6 heteroatoms. The molecule has 0 saturated heterocycles. The van der Waals surface area contributed by atoms with Crippen molar-refractivity contribution in [3.63, 3.8) is 0 Å². The first-order valence-electron chi connectivity index (χ1n) is 7.48. The van der Waals surface area contributed by atoms with E-state index in [9.17, 15) is 4.79 Å². The molecule has 2 N–H and O–H groups in total. The van der Waals surface area contributed by atoms with Crippen molar-refractivity contribution in [3.05, 3.63) is 41.4 Å². The molecule has 3 aromatic rings.